The molecule has 8 heavy (non-hydrogen) atoms. The van der Waals surface area contributed by atoms with Gasteiger partial charge in [-0.2, -0.15) is 6.42 Å². The van der Waals surface area contributed by atoms with Crippen molar-refractivity contribution < 1.29 is 0 Å². The zero-order chi connectivity index (χ0) is 6.57. The zero-order valence-electron chi connectivity index (χ0n) is 6.28. The standard InChI is InChI=1S/C8H17/c1-5-6-8(4)7(2)3/h7-8H,1,5-6H2,2-4H3/q-1. The minimum atomic E-state index is 0.830. The lowest BCUT2D eigenvalue weighted by atomic mass is 9.94. The minimum absolute atomic E-state index is 0.830. The van der Waals surface area contributed by atoms with Crippen LogP contribution in [0.4, 0.5) is 0 Å². The molecule has 0 N–H and O–H groups in total. The van der Waals surface area contributed by atoms with Crippen molar-refractivity contribution in [1.82, 2.24) is 0 Å². The molecule has 0 aromatic rings. The van der Waals surface area contributed by atoms with Crippen LogP contribution < -0.4 is 0 Å². The van der Waals surface area contributed by atoms with Crippen molar-refractivity contribution in [2.24, 2.45) is 11.8 Å². The fourth-order valence-electron chi connectivity index (χ4n) is 0.655. The van der Waals surface area contributed by atoms with Gasteiger partial charge in [0.2, 0.25) is 0 Å². The molecule has 0 aromatic carbocycles. The molecule has 0 amide bonds. The summed E-state index contributed by atoms with van der Waals surface area (Å²) in [7, 11) is 0. The molecule has 0 aliphatic carbocycles. The van der Waals surface area contributed by atoms with Crippen molar-refractivity contribution in [1.29, 1.82) is 0 Å². The quantitative estimate of drug-likeness (QED) is 0.494. The first kappa shape index (κ1) is 8.00. The van der Waals surface area contributed by atoms with Gasteiger partial charge in [0.15, 0.2) is 0 Å². The van der Waals surface area contributed by atoms with Gasteiger partial charge in [-0.05, 0) is 11.8 Å². The lowest BCUT2D eigenvalue weighted by molar-refractivity contribution is 0.395. The molecule has 0 heteroatoms. The van der Waals surface area contributed by atoms with Crippen molar-refractivity contribution >= 4 is 0 Å². The zero-order valence-corrected chi connectivity index (χ0v) is 6.28. The van der Waals surface area contributed by atoms with Crippen molar-refractivity contribution in [2.45, 2.75) is 33.6 Å². The van der Waals surface area contributed by atoms with E-state index in [2.05, 4.69) is 27.7 Å². The highest BCUT2D eigenvalue weighted by atomic mass is 14.1. The molecule has 0 bridgehead atoms. The predicted octanol–water partition coefficient (Wildman–Crippen LogP) is 2.89. The van der Waals surface area contributed by atoms with Crippen LogP contribution in [0.5, 0.6) is 0 Å². The summed E-state index contributed by atoms with van der Waals surface area (Å²) in [4.78, 5) is 0. The van der Waals surface area contributed by atoms with Gasteiger partial charge >= 0.3 is 0 Å². The third-order valence-corrected chi connectivity index (χ3v) is 1.80. The van der Waals surface area contributed by atoms with Crippen LogP contribution >= 0.6 is 0 Å². The Labute approximate surface area is 53.3 Å². The third kappa shape index (κ3) is 3.06. The van der Waals surface area contributed by atoms with Crippen molar-refractivity contribution in [3.05, 3.63) is 6.92 Å². The van der Waals surface area contributed by atoms with E-state index >= 15 is 0 Å². The second kappa shape index (κ2) is 3.94. The first-order chi connectivity index (χ1) is 3.68. The molecule has 0 radical (unpaired) electrons. The SMILES string of the molecule is [CH2-]CCC(C)C(C)C. The lowest BCUT2D eigenvalue weighted by Crippen LogP contribution is -2.02. The molecule has 0 aliphatic rings. The maximum Gasteiger partial charge on any atom is -0.0444 e. The smallest absolute Gasteiger partial charge is 0.0444 e. The van der Waals surface area contributed by atoms with E-state index in [1.165, 1.54) is 6.42 Å². The molecule has 50 valence electrons. The third-order valence-electron chi connectivity index (χ3n) is 1.80. The van der Waals surface area contributed by atoms with E-state index in [4.69, 9.17) is 0 Å². The van der Waals surface area contributed by atoms with Gasteiger partial charge in [-0.15, -0.1) is 0 Å². The molecule has 0 aliphatic heterocycles. The van der Waals surface area contributed by atoms with Gasteiger partial charge in [0, 0.05) is 0 Å². The Bertz CT molecular complexity index is 46.0. The summed E-state index contributed by atoms with van der Waals surface area (Å²) < 4.78 is 0. The molecule has 1 atom stereocenters. The van der Waals surface area contributed by atoms with Crippen LogP contribution in [-0.4, -0.2) is 0 Å². The summed E-state index contributed by atoms with van der Waals surface area (Å²) in [5, 5.41) is 0. The second-order valence-corrected chi connectivity index (χ2v) is 2.86. The maximum atomic E-state index is 3.81. The summed E-state index contributed by atoms with van der Waals surface area (Å²) in [5.41, 5.74) is 0. The monoisotopic (exact) mass is 113 g/mol. The largest absolute Gasteiger partial charge is 0.343 e. The molecule has 0 heterocycles. The maximum absolute atomic E-state index is 3.81. The summed E-state index contributed by atoms with van der Waals surface area (Å²) in [6.45, 7) is 10.6. The van der Waals surface area contributed by atoms with E-state index in [9.17, 15) is 0 Å². The van der Waals surface area contributed by atoms with E-state index in [0.29, 0.717) is 0 Å². The molecule has 0 nitrogen and oxygen atoms in total. The summed E-state index contributed by atoms with van der Waals surface area (Å²) in [6, 6.07) is 0. The highest BCUT2D eigenvalue weighted by Crippen LogP contribution is 2.14. The van der Waals surface area contributed by atoms with Gasteiger partial charge < -0.3 is 6.92 Å². The number of hydrogen-bond donors (Lipinski definition) is 0. The van der Waals surface area contributed by atoms with Crippen molar-refractivity contribution in [2.75, 3.05) is 0 Å². The summed E-state index contributed by atoms with van der Waals surface area (Å²) in [6.07, 6.45) is 2.36. The van der Waals surface area contributed by atoms with Crippen LogP contribution in [0.1, 0.15) is 33.6 Å². The average molecular weight is 113 g/mol. The van der Waals surface area contributed by atoms with Crippen LogP contribution in [-0.2, 0) is 0 Å². The average Bonchev–Trinajstić information content (AvgIpc) is 1.67. The summed E-state index contributed by atoms with van der Waals surface area (Å²) in [5.74, 6) is 1.68. The van der Waals surface area contributed by atoms with E-state index < -0.39 is 0 Å². The van der Waals surface area contributed by atoms with Crippen LogP contribution in [0.3, 0.4) is 0 Å². The fourth-order valence-corrected chi connectivity index (χ4v) is 0.655. The summed E-state index contributed by atoms with van der Waals surface area (Å²) >= 11 is 0. The highest BCUT2D eigenvalue weighted by Gasteiger charge is 2.01. The molecule has 0 rings (SSSR count). The minimum Gasteiger partial charge on any atom is -0.343 e. The second-order valence-electron chi connectivity index (χ2n) is 2.86. The van der Waals surface area contributed by atoms with Crippen molar-refractivity contribution in [3.63, 3.8) is 0 Å². The predicted molar refractivity (Wildman–Crippen MR) is 38.6 cm³/mol. The molecule has 0 aromatic heterocycles. The Morgan fingerprint density at radius 2 is 1.75 bits per heavy atom. The van der Waals surface area contributed by atoms with E-state index in [-0.39, 0.29) is 0 Å². The van der Waals surface area contributed by atoms with E-state index in [0.717, 1.165) is 18.3 Å². The molecule has 0 saturated carbocycles. The van der Waals surface area contributed by atoms with Crippen LogP contribution in [0.2, 0.25) is 0 Å². The lowest BCUT2D eigenvalue weighted by Gasteiger charge is -2.14. The van der Waals surface area contributed by atoms with Gasteiger partial charge in [0.1, 0.15) is 0 Å². The Balaban J connectivity index is 3.17. The molecule has 1 unspecified atom stereocenters. The Morgan fingerprint density at radius 1 is 1.25 bits per heavy atom. The van der Waals surface area contributed by atoms with Gasteiger partial charge in [-0.25, -0.2) is 0 Å². The van der Waals surface area contributed by atoms with E-state index in [1.54, 1.807) is 0 Å². The topological polar surface area (TPSA) is 0 Å². The highest BCUT2D eigenvalue weighted by molar-refractivity contribution is 4.56. The fraction of sp³-hybridized carbons (Fsp3) is 0.875. The molecule has 0 saturated heterocycles. The molecule has 0 fully saturated rings. The first-order valence-electron chi connectivity index (χ1n) is 3.47. The molecular weight excluding hydrogens is 96.1 g/mol. The van der Waals surface area contributed by atoms with Crippen LogP contribution in [0, 0.1) is 18.8 Å². The van der Waals surface area contributed by atoms with Gasteiger partial charge in [0.25, 0.3) is 0 Å². The van der Waals surface area contributed by atoms with E-state index in [1.807, 2.05) is 0 Å². The Hall–Kier alpha value is 0. The van der Waals surface area contributed by atoms with Crippen LogP contribution in [0.15, 0.2) is 0 Å². The number of hydrogen-bond acceptors (Lipinski definition) is 0. The van der Waals surface area contributed by atoms with Crippen molar-refractivity contribution in [3.8, 4) is 0 Å². The van der Waals surface area contributed by atoms with Gasteiger partial charge in [-0.3, -0.25) is 0 Å². The molecule has 0 spiro atoms. The Morgan fingerprint density at radius 3 is 1.88 bits per heavy atom. The molecular formula is C8H17-. The first-order valence-corrected chi connectivity index (χ1v) is 3.47. The number of rotatable bonds is 3. The van der Waals surface area contributed by atoms with Gasteiger partial charge in [-0.1, -0.05) is 27.2 Å². The normalized spacial score (nSPS) is 14.6. The Kier molecular flexibility index (Phi) is 3.94. The van der Waals surface area contributed by atoms with Crippen LogP contribution in [0.25, 0.3) is 0 Å². The van der Waals surface area contributed by atoms with Gasteiger partial charge in [0.05, 0.1) is 0 Å².